The number of hydrogen-bond acceptors (Lipinski definition) is 6. The zero-order valence-electron chi connectivity index (χ0n) is 43.0. The van der Waals surface area contributed by atoms with E-state index in [2.05, 4.69) is 81.5 Å². The van der Waals surface area contributed by atoms with Crippen LogP contribution < -0.4 is 0 Å². The van der Waals surface area contributed by atoms with Gasteiger partial charge in [0, 0.05) is 19.3 Å². The zero-order valence-corrected chi connectivity index (χ0v) is 43.0. The van der Waals surface area contributed by atoms with Gasteiger partial charge >= 0.3 is 17.9 Å². The zero-order chi connectivity index (χ0) is 47.2. The molecule has 0 amide bonds. The molecule has 6 nitrogen and oxygen atoms in total. The molecule has 0 bridgehead atoms. The predicted molar refractivity (Wildman–Crippen MR) is 279 cm³/mol. The largest absolute Gasteiger partial charge is 0.462 e. The first-order valence-corrected chi connectivity index (χ1v) is 27.8. The molecule has 376 valence electrons. The monoisotopic (exact) mass is 909 g/mol. The summed E-state index contributed by atoms with van der Waals surface area (Å²) in [6.07, 6.45) is 67.1. The molecule has 0 rings (SSSR count). The number of carbonyl (C=O) groups is 3. The second kappa shape index (κ2) is 53.7. The summed E-state index contributed by atoms with van der Waals surface area (Å²) in [4.78, 5) is 37.6. The lowest BCUT2D eigenvalue weighted by atomic mass is 10.0. The maximum absolute atomic E-state index is 12.7. The minimum Gasteiger partial charge on any atom is -0.462 e. The first-order chi connectivity index (χ1) is 32.0. The Labute approximate surface area is 402 Å². The third-order valence-corrected chi connectivity index (χ3v) is 12.0. The third-order valence-electron chi connectivity index (χ3n) is 12.0. The van der Waals surface area contributed by atoms with E-state index in [1.54, 1.807) is 0 Å². The summed E-state index contributed by atoms with van der Waals surface area (Å²) in [5.74, 6) is -0.923. The highest BCUT2D eigenvalue weighted by Crippen LogP contribution is 2.16. The molecule has 0 saturated heterocycles. The summed E-state index contributed by atoms with van der Waals surface area (Å²) in [5.41, 5.74) is 0. The molecule has 0 aromatic heterocycles. The standard InChI is InChI=1S/C59H104O6/c1-4-7-10-13-15-17-19-21-22-23-24-25-26-27-28-29-30-31-32-33-34-35-36-38-39-41-43-46-49-52-58(61)64-55-56(54-63-57(60)51-48-45-12-9-6-3)65-59(62)53-50-47-44-42-40-37-20-18-16-14-11-8-5-2/h8,11,16,18-19,21,23-24,37,40,56H,4-7,9-10,12-15,17,20,22,25-36,38-39,41-55H2,1-3H3/b11-8-,18-16-,21-19-,24-23-,40-37-. The number of hydrogen-bond donors (Lipinski definition) is 0. The smallest absolute Gasteiger partial charge is 0.306 e. The minimum atomic E-state index is -0.783. The lowest BCUT2D eigenvalue weighted by Gasteiger charge is -2.18. The van der Waals surface area contributed by atoms with E-state index in [1.165, 1.54) is 141 Å². The van der Waals surface area contributed by atoms with Crippen LogP contribution in [0.4, 0.5) is 0 Å². The molecule has 0 spiro atoms. The topological polar surface area (TPSA) is 78.9 Å². The van der Waals surface area contributed by atoms with Crippen LogP contribution in [0, 0.1) is 0 Å². The molecular formula is C59H104O6. The van der Waals surface area contributed by atoms with Crippen LogP contribution >= 0.6 is 0 Å². The van der Waals surface area contributed by atoms with Gasteiger partial charge in [-0.3, -0.25) is 14.4 Å². The van der Waals surface area contributed by atoms with Crippen LogP contribution in [0.1, 0.15) is 278 Å². The van der Waals surface area contributed by atoms with Gasteiger partial charge < -0.3 is 14.2 Å². The SMILES string of the molecule is CC/C=C\C/C=C\C/C=C\CCCCCC(=O)OC(COC(=O)CCCCCCC)COC(=O)CCCCCCCCCCCCCCCCCCC/C=C\C/C=C\CCCCCCC. The van der Waals surface area contributed by atoms with Crippen molar-refractivity contribution in [2.75, 3.05) is 13.2 Å². The fraction of sp³-hybridized carbons (Fsp3) is 0.780. The maximum atomic E-state index is 12.7. The normalized spacial score (nSPS) is 12.5. The number of allylic oxidation sites excluding steroid dienone is 10. The van der Waals surface area contributed by atoms with Gasteiger partial charge in [0.1, 0.15) is 13.2 Å². The van der Waals surface area contributed by atoms with Crippen molar-refractivity contribution in [2.45, 2.75) is 284 Å². The summed E-state index contributed by atoms with van der Waals surface area (Å²) < 4.78 is 16.6. The Morgan fingerprint density at radius 2 is 0.600 bits per heavy atom. The van der Waals surface area contributed by atoms with E-state index in [-0.39, 0.29) is 31.1 Å². The van der Waals surface area contributed by atoms with Crippen molar-refractivity contribution in [3.05, 3.63) is 60.8 Å². The molecule has 0 aromatic rings. The van der Waals surface area contributed by atoms with E-state index < -0.39 is 6.10 Å². The quantitative estimate of drug-likeness (QED) is 0.0262. The molecule has 0 aromatic carbocycles. The molecule has 1 atom stereocenters. The Hall–Kier alpha value is -2.89. The number of carbonyl (C=O) groups excluding carboxylic acids is 3. The third kappa shape index (κ3) is 51.9. The fourth-order valence-corrected chi connectivity index (χ4v) is 7.84. The van der Waals surface area contributed by atoms with E-state index in [4.69, 9.17) is 14.2 Å². The highest BCUT2D eigenvalue weighted by atomic mass is 16.6. The second-order valence-electron chi connectivity index (χ2n) is 18.5. The summed E-state index contributed by atoms with van der Waals surface area (Å²) in [6.45, 7) is 6.41. The molecule has 0 aliphatic carbocycles. The lowest BCUT2D eigenvalue weighted by molar-refractivity contribution is -0.167. The van der Waals surface area contributed by atoms with Gasteiger partial charge in [-0.15, -0.1) is 0 Å². The lowest BCUT2D eigenvalue weighted by Crippen LogP contribution is -2.30. The van der Waals surface area contributed by atoms with Crippen LogP contribution in [0.5, 0.6) is 0 Å². The molecule has 0 N–H and O–H groups in total. The van der Waals surface area contributed by atoms with Crippen molar-refractivity contribution >= 4 is 17.9 Å². The Morgan fingerprint density at radius 1 is 0.323 bits per heavy atom. The molecule has 0 aliphatic rings. The van der Waals surface area contributed by atoms with Crippen molar-refractivity contribution in [3.63, 3.8) is 0 Å². The van der Waals surface area contributed by atoms with Crippen LogP contribution in [0.15, 0.2) is 60.8 Å². The average molecular weight is 909 g/mol. The van der Waals surface area contributed by atoms with Gasteiger partial charge in [0.15, 0.2) is 6.10 Å². The molecule has 1 unspecified atom stereocenters. The van der Waals surface area contributed by atoms with Crippen LogP contribution in [0.3, 0.4) is 0 Å². The Morgan fingerprint density at radius 3 is 0.954 bits per heavy atom. The average Bonchev–Trinajstić information content (AvgIpc) is 3.30. The van der Waals surface area contributed by atoms with Crippen molar-refractivity contribution in [1.82, 2.24) is 0 Å². The van der Waals surface area contributed by atoms with Crippen molar-refractivity contribution < 1.29 is 28.6 Å². The van der Waals surface area contributed by atoms with E-state index in [0.29, 0.717) is 19.3 Å². The summed E-state index contributed by atoms with van der Waals surface area (Å²) in [5, 5.41) is 0. The van der Waals surface area contributed by atoms with E-state index in [1.807, 2.05) is 0 Å². The highest BCUT2D eigenvalue weighted by Gasteiger charge is 2.19. The van der Waals surface area contributed by atoms with Crippen LogP contribution in [-0.4, -0.2) is 37.2 Å². The molecule has 6 heteroatoms. The van der Waals surface area contributed by atoms with Crippen LogP contribution in [0.2, 0.25) is 0 Å². The molecule has 0 aliphatic heterocycles. The molecule has 0 fully saturated rings. The van der Waals surface area contributed by atoms with Gasteiger partial charge in [-0.05, 0) is 83.5 Å². The molecular weight excluding hydrogens is 805 g/mol. The molecule has 0 heterocycles. The summed E-state index contributed by atoms with van der Waals surface area (Å²) in [6, 6.07) is 0. The fourth-order valence-electron chi connectivity index (χ4n) is 7.84. The Kier molecular flexibility index (Phi) is 51.3. The summed E-state index contributed by atoms with van der Waals surface area (Å²) >= 11 is 0. The van der Waals surface area contributed by atoms with Crippen molar-refractivity contribution in [3.8, 4) is 0 Å². The first kappa shape index (κ1) is 62.1. The number of rotatable bonds is 50. The van der Waals surface area contributed by atoms with Gasteiger partial charge in [-0.25, -0.2) is 0 Å². The van der Waals surface area contributed by atoms with Gasteiger partial charge in [0.25, 0.3) is 0 Å². The van der Waals surface area contributed by atoms with Gasteiger partial charge in [0.2, 0.25) is 0 Å². The van der Waals surface area contributed by atoms with Crippen molar-refractivity contribution in [1.29, 1.82) is 0 Å². The maximum Gasteiger partial charge on any atom is 0.306 e. The molecule has 65 heavy (non-hydrogen) atoms. The number of esters is 3. The van der Waals surface area contributed by atoms with Gasteiger partial charge in [-0.2, -0.15) is 0 Å². The first-order valence-electron chi connectivity index (χ1n) is 27.8. The molecule has 0 radical (unpaired) electrons. The minimum absolute atomic E-state index is 0.0845. The molecule has 0 saturated carbocycles. The van der Waals surface area contributed by atoms with E-state index in [9.17, 15) is 14.4 Å². The Bertz CT molecular complexity index is 1180. The predicted octanol–water partition coefficient (Wildman–Crippen LogP) is 18.4. The van der Waals surface area contributed by atoms with Gasteiger partial charge in [-0.1, -0.05) is 236 Å². The second-order valence-corrected chi connectivity index (χ2v) is 18.5. The summed E-state index contributed by atoms with van der Waals surface area (Å²) in [7, 11) is 0. The van der Waals surface area contributed by atoms with Crippen molar-refractivity contribution in [2.24, 2.45) is 0 Å². The van der Waals surface area contributed by atoms with E-state index in [0.717, 1.165) is 96.3 Å². The Balaban J connectivity index is 3.98. The van der Waals surface area contributed by atoms with E-state index >= 15 is 0 Å². The number of ether oxygens (including phenoxy) is 3. The van der Waals surface area contributed by atoms with Crippen LogP contribution in [-0.2, 0) is 28.6 Å². The number of unbranched alkanes of at least 4 members (excludes halogenated alkanes) is 29. The van der Waals surface area contributed by atoms with Crippen LogP contribution in [0.25, 0.3) is 0 Å². The highest BCUT2D eigenvalue weighted by molar-refractivity contribution is 5.71. The van der Waals surface area contributed by atoms with Gasteiger partial charge in [0.05, 0.1) is 0 Å².